The molecule has 25 heavy (non-hydrogen) atoms. The number of aryl methyl sites for hydroxylation is 1. The molecule has 0 aromatic carbocycles. The summed E-state index contributed by atoms with van der Waals surface area (Å²) >= 11 is 1.61. The first-order valence-electron chi connectivity index (χ1n) is 8.93. The van der Waals surface area contributed by atoms with Gasteiger partial charge >= 0.3 is 0 Å². The molecule has 1 saturated carbocycles. The molecule has 0 saturated heterocycles. The molecule has 2 heterocycles. The number of aromatic nitrogens is 3. The summed E-state index contributed by atoms with van der Waals surface area (Å²) < 4.78 is 0. The van der Waals surface area contributed by atoms with Crippen LogP contribution in [0.2, 0.25) is 0 Å². The van der Waals surface area contributed by atoms with Gasteiger partial charge in [-0.05, 0) is 39.0 Å². The maximum Gasteiger partial charge on any atom is 0.224 e. The highest BCUT2D eigenvalue weighted by Gasteiger charge is 2.17. The van der Waals surface area contributed by atoms with Crippen LogP contribution in [0.15, 0.2) is 16.6 Å². The van der Waals surface area contributed by atoms with E-state index in [1.54, 1.807) is 11.3 Å². The summed E-state index contributed by atoms with van der Waals surface area (Å²) in [5.41, 5.74) is 2.83. The fourth-order valence-corrected chi connectivity index (χ4v) is 3.40. The number of hydrogen-bond donors (Lipinski definition) is 2. The summed E-state index contributed by atoms with van der Waals surface area (Å²) in [6.45, 7) is 5.00. The molecule has 3 rings (SSSR count). The quantitative estimate of drug-likeness (QED) is 0.758. The zero-order chi connectivity index (χ0) is 17.6. The van der Waals surface area contributed by atoms with E-state index in [0.717, 1.165) is 67.0 Å². The smallest absolute Gasteiger partial charge is 0.224 e. The average Bonchev–Trinajstić information content (AvgIpc) is 3.04. The summed E-state index contributed by atoms with van der Waals surface area (Å²) in [6, 6.07) is 0. The highest BCUT2D eigenvalue weighted by Crippen LogP contribution is 2.31. The molecular weight excluding hydrogens is 334 g/mol. The molecule has 1 aliphatic rings. The SMILES string of the molecule is CCCCNc1ncc(-c2csc(C)n2)c(N=C2CCC(O)CC2)n1. The fourth-order valence-electron chi connectivity index (χ4n) is 2.79. The van der Waals surface area contributed by atoms with Crippen molar-refractivity contribution >= 4 is 28.8 Å². The number of nitrogens with zero attached hydrogens (tertiary/aromatic N) is 4. The van der Waals surface area contributed by atoms with Crippen LogP contribution in [-0.4, -0.2) is 38.4 Å². The number of anilines is 1. The van der Waals surface area contributed by atoms with E-state index in [1.165, 1.54) is 0 Å². The van der Waals surface area contributed by atoms with Crippen LogP contribution in [0.1, 0.15) is 50.5 Å². The zero-order valence-electron chi connectivity index (χ0n) is 14.8. The Bertz CT molecular complexity index is 733. The number of hydrogen-bond acceptors (Lipinski definition) is 7. The zero-order valence-corrected chi connectivity index (χ0v) is 15.6. The van der Waals surface area contributed by atoms with Crippen LogP contribution >= 0.6 is 11.3 Å². The van der Waals surface area contributed by atoms with Gasteiger partial charge in [-0.15, -0.1) is 11.3 Å². The highest BCUT2D eigenvalue weighted by molar-refractivity contribution is 7.09. The lowest BCUT2D eigenvalue weighted by Gasteiger charge is -2.18. The molecule has 0 amide bonds. The van der Waals surface area contributed by atoms with Crippen molar-refractivity contribution in [2.24, 2.45) is 4.99 Å². The van der Waals surface area contributed by atoms with Crippen molar-refractivity contribution in [2.75, 3.05) is 11.9 Å². The minimum absolute atomic E-state index is 0.198. The van der Waals surface area contributed by atoms with Gasteiger partial charge in [-0.25, -0.2) is 15.0 Å². The topological polar surface area (TPSA) is 83.3 Å². The molecule has 134 valence electrons. The molecule has 0 radical (unpaired) electrons. The van der Waals surface area contributed by atoms with Crippen LogP contribution in [0.5, 0.6) is 0 Å². The maximum absolute atomic E-state index is 9.69. The van der Waals surface area contributed by atoms with Gasteiger partial charge in [0.2, 0.25) is 5.95 Å². The lowest BCUT2D eigenvalue weighted by atomic mass is 9.96. The third-order valence-electron chi connectivity index (χ3n) is 4.27. The van der Waals surface area contributed by atoms with Crippen molar-refractivity contribution in [1.82, 2.24) is 15.0 Å². The van der Waals surface area contributed by atoms with Crippen molar-refractivity contribution in [3.8, 4) is 11.3 Å². The first kappa shape index (κ1) is 17.9. The molecule has 0 bridgehead atoms. The lowest BCUT2D eigenvalue weighted by molar-refractivity contribution is 0.152. The Hall–Kier alpha value is -1.86. The predicted molar refractivity (Wildman–Crippen MR) is 103 cm³/mol. The second-order valence-corrected chi connectivity index (χ2v) is 7.43. The number of rotatable bonds is 6. The van der Waals surface area contributed by atoms with Crippen molar-refractivity contribution in [3.05, 3.63) is 16.6 Å². The van der Waals surface area contributed by atoms with E-state index in [0.29, 0.717) is 11.8 Å². The third kappa shape index (κ3) is 4.83. The molecule has 0 spiro atoms. The Labute approximate surface area is 152 Å². The number of thiazole rings is 1. The summed E-state index contributed by atoms with van der Waals surface area (Å²) in [5, 5.41) is 16.0. The lowest BCUT2D eigenvalue weighted by Crippen LogP contribution is -2.17. The van der Waals surface area contributed by atoms with Crippen LogP contribution in [0.3, 0.4) is 0 Å². The first-order valence-corrected chi connectivity index (χ1v) is 9.81. The first-order chi connectivity index (χ1) is 12.2. The fraction of sp³-hybridized carbons (Fsp3) is 0.556. The van der Waals surface area contributed by atoms with Gasteiger partial charge in [0.25, 0.3) is 0 Å². The largest absolute Gasteiger partial charge is 0.393 e. The van der Waals surface area contributed by atoms with Crippen molar-refractivity contribution in [2.45, 2.75) is 58.5 Å². The van der Waals surface area contributed by atoms with Gasteiger partial charge in [-0.1, -0.05) is 13.3 Å². The van der Waals surface area contributed by atoms with Crippen molar-refractivity contribution in [3.63, 3.8) is 0 Å². The normalized spacial score (nSPS) is 17.6. The molecule has 0 atom stereocenters. The Balaban J connectivity index is 1.90. The van der Waals surface area contributed by atoms with Crippen LogP contribution in [0.4, 0.5) is 11.8 Å². The molecule has 1 fully saturated rings. The second kappa shape index (κ2) is 8.49. The van der Waals surface area contributed by atoms with Crippen molar-refractivity contribution < 1.29 is 5.11 Å². The Morgan fingerprint density at radius 3 is 2.80 bits per heavy atom. The number of aliphatic hydroxyl groups excluding tert-OH is 1. The van der Waals surface area contributed by atoms with E-state index in [9.17, 15) is 5.11 Å². The summed E-state index contributed by atoms with van der Waals surface area (Å²) in [7, 11) is 0. The number of nitrogens with one attached hydrogen (secondary N) is 1. The van der Waals surface area contributed by atoms with Gasteiger partial charge in [0.05, 0.1) is 22.4 Å². The van der Waals surface area contributed by atoms with Crippen LogP contribution in [0, 0.1) is 6.92 Å². The van der Waals surface area contributed by atoms with Gasteiger partial charge in [0.15, 0.2) is 5.82 Å². The van der Waals surface area contributed by atoms with Gasteiger partial charge < -0.3 is 10.4 Å². The minimum atomic E-state index is -0.198. The van der Waals surface area contributed by atoms with Crippen molar-refractivity contribution in [1.29, 1.82) is 0 Å². The van der Waals surface area contributed by atoms with Gasteiger partial charge in [-0.3, -0.25) is 0 Å². The second-order valence-electron chi connectivity index (χ2n) is 6.37. The minimum Gasteiger partial charge on any atom is -0.393 e. The average molecular weight is 359 g/mol. The molecule has 0 unspecified atom stereocenters. The Morgan fingerprint density at radius 2 is 2.12 bits per heavy atom. The standard InChI is InChI=1S/C18H25N5OS/c1-3-4-9-19-18-20-10-15(16-11-25-12(2)21-16)17(23-18)22-13-5-7-14(24)8-6-13/h10-11,14,24H,3-9H2,1-2H3,(H,19,20,23). The molecular formula is C18H25N5OS. The predicted octanol–water partition coefficient (Wildman–Crippen LogP) is 4.13. The monoisotopic (exact) mass is 359 g/mol. The van der Waals surface area contributed by atoms with Crippen LogP contribution in [-0.2, 0) is 0 Å². The molecule has 7 heteroatoms. The highest BCUT2D eigenvalue weighted by atomic mass is 32.1. The van der Waals surface area contributed by atoms with Gasteiger partial charge in [-0.2, -0.15) is 4.98 Å². The molecule has 1 aliphatic carbocycles. The molecule has 2 aromatic rings. The number of aliphatic hydroxyl groups is 1. The van der Waals surface area contributed by atoms with Crippen LogP contribution < -0.4 is 5.32 Å². The third-order valence-corrected chi connectivity index (χ3v) is 5.05. The number of unbranched alkanes of at least 4 members (excludes halogenated alkanes) is 1. The Morgan fingerprint density at radius 1 is 1.32 bits per heavy atom. The molecule has 6 nitrogen and oxygen atoms in total. The van der Waals surface area contributed by atoms with E-state index < -0.39 is 0 Å². The number of aliphatic imine (C=N–C) groups is 1. The van der Waals surface area contributed by atoms with E-state index >= 15 is 0 Å². The van der Waals surface area contributed by atoms with Gasteiger partial charge in [0, 0.05) is 23.8 Å². The van der Waals surface area contributed by atoms with E-state index in [4.69, 9.17) is 4.99 Å². The molecule has 2 aromatic heterocycles. The summed E-state index contributed by atoms with van der Waals surface area (Å²) in [4.78, 5) is 18.4. The summed E-state index contributed by atoms with van der Waals surface area (Å²) in [5.74, 6) is 1.28. The van der Waals surface area contributed by atoms with E-state index in [1.807, 2.05) is 18.5 Å². The maximum atomic E-state index is 9.69. The van der Waals surface area contributed by atoms with Crippen LogP contribution in [0.25, 0.3) is 11.3 Å². The molecule has 0 aliphatic heterocycles. The van der Waals surface area contributed by atoms with E-state index in [2.05, 4.69) is 27.2 Å². The molecule has 2 N–H and O–H groups in total. The van der Waals surface area contributed by atoms with E-state index in [-0.39, 0.29) is 6.10 Å². The Kier molecular flexibility index (Phi) is 6.09. The van der Waals surface area contributed by atoms with Gasteiger partial charge in [0.1, 0.15) is 0 Å². The summed E-state index contributed by atoms with van der Waals surface area (Å²) in [6.07, 6.45) is 7.01.